The Labute approximate surface area is 122 Å². The topological polar surface area (TPSA) is 81.2 Å². The molecule has 0 aliphatic rings. The third-order valence-corrected chi connectivity index (χ3v) is 5.49. The summed E-state index contributed by atoms with van der Waals surface area (Å²) in [4.78, 5) is 0.341. The molecule has 0 aromatic carbocycles. The predicted molar refractivity (Wildman–Crippen MR) is 80.1 cm³/mol. The summed E-state index contributed by atoms with van der Waals surface area (Å²) in [6.45, 7) is 7.34. The van der Waals surface area contributed by atoms with E-state index in [-0.39, 0.29) is 0 Å². The molecule has 0 radical (unpaired) electrons. The highest BCUT2D eigenvalue weighted by Crippen LogP contribution is 2.23. The van der Waals surface area contributed by atoms with Crippen LogP contribution in [0.5, 0.6) is 0 Å². The molecule has 0 spiro atoms. The molecule has 116 valence electrons. The summed E-state index contributed by atoms with van der Waals surface area (Å²) in [6.07, 6.45) is 2.61. The van der Waals surface area contributed by atoms with Gasteiger partial charge in [-0.15, -0.1) is 0 Å². The highest BCUT2D eigenvalue weighted by Gasteiger charge is 2.28. The number of nitrogens with zero attached hydrogens (tertiary/aromatic N) is 3. The Morgan fingerprint density at radius 3 is 2.50 bits per heavy atom. The van der Waals surface area contributed by atoms with Crippen LogP contribution >= 0.6 is 0 Å². The molecule has 0 unspecified atom stereocenters. The van der Waals surface area contributed by atoms with Gasteiger partial charge in [0.2, 0.25) is 10.0 Å². The normalized spacial score (nSPS) is 12.3. The smallest absolute Gasteiger partial charge is 0.246 e. The Bertz CT molecular complexity index is 537. The van der Waals surface area contributed by atoms with Gasteiger partial charge in [-0.2, -0.15) is 5.10 Å². The number of nitrogens with two attached hydrogens (primary N) is 1. The van der Waals surface area contributed by atoms with Crippen molar-refractivity contribution >= 4 is 10.0 Å². The third-order valence-electron chi connectivity index (χ3n) is 3.38. The first-order valence-electron chi connectivity index (χ1n) is 7.06. The summed E-state index contributed by atoms with van der Waals surface area (Å²) in [6, 6.07) is 0. The van der Waals surface area contributed by atoms with E-state index in [9.17, 15) is 8.42 Å². The Morgan fingerprint density at radius 1 is 1.30 bits per heavy atom. The Kier molecular flexibility index (Phi) is 6.16. The lowest BCUT2D eigenvalue weighted by Gasteiger charge is -2.17. The van der Waals surface area contributed by atoms with E-state index in [1.807, 2.05) is 6.92 Å². The van der Waals surface area contributed by atoms with Crippen molar-refractivity contribution in [3.63, 3.8) is 0 Å². The van der Waals surface area contributed by atoms with Crippen molar-refractivity contribution in [2.45, 2.75) is 51.5 Å². The highest BCUT2D eigenvalue weighted by atomic mass is 32.2. The van der Waals surface area contributed by atoms with Gasteiger partial charge in [0, 0.05) is 20.1 Å². The lowest BCUT2D eigenvalue weighted by Crippen LogP contribution is -2.28. The molecular weight excluding hydrogens is 276 g/mol. The van der Waals surface area contributed by atoms with Crippen LogP contribution in [0.25, 0.3) is 0 Å². The number of hydrogen-bond donors (Lipinski definition) is 1. The van der Waals surface area contributed by atoms with E-state index in [1.54, 1.807) is 25.6 Å². The van der Waals surface area contributed by atoms with Crippen molar-refractivity contribution < 1.29 is 8.42 Å². The second-order valence-electron chi connectivity index (χ2n) is 5.05. The van der Waals surface area contributed by atoms with E-state index in [1.165, 1.54) is 4.31 Å². The molecule has 0 saturated heterocycles. The van der Waals surface area contributed by atoms with E-state index in [0.717, 1.165) is 19.3 Å². The number of aromatic nitrogens is 2. The summed E-state index contributed by atoms with van der Waals surface area (Å²) >= 11 is 0. The van der Waals surface area contributed by atoms with Gasteiger partial charge >= 0.3 is 0 Å². The van der Waals surface area contributed by atoms with E-state index in [4.69, 9.17) is 5.73 Å². The standard InChI is InChI=1S/C13H26N4O2S/c1-5-6-9-16(4)20(18,19)13-11(2)15-17(12(13)3)10-7-8-14/h5-10,14H2,1-4H3. The van der Waals surface area contributed by atoms with Gasteiger partial charge in [0.25, 0.3) is 0 Å². The van der Waals surface area contributed by atoms with E-state index in [2.05, 4.69) is 5.10 Å². The minimum Gasteiger partial charge on any atom is -0.330 e. The van der Waals surface area contributed by atoms with Crippen LogP contribution in [0.4, 0.5) is 0 Å². The Balaban J connectivity index is 3.09. The van der Waals surface area contributed by atoms with Gasteiger partial charge in [0.15, 0.2) is 0 Å². The van der Waals surface area contributed by atoms with Crippen LogP contribution in [0.3, 0.4) is 0 Å². The van der Waals surface area contributed by atoms with Gasteiger partial charge in [0.05, 0.1) is 11.4 Å². The molecular formula is C13H26N4O2S. The molecule has 2 N–H and O–H groups in total. The molecule has 1 aromatic heterocycles. The third kappa shape index (κ3) is 3.59. The molecule has 0 bridgehead atoms. The summed E-state index contributed by atoms with van der Waals surface area (Å²) < 4.78 is 28.4. The monoisotopic (exact) mass is 302 g/mol. The van der Waals surface area contributed by atoms with E-state index in [0.29, 0.717) is 35.9 Å². The van der Waals surface area contributed by atoms with Gasteiger partial charge in [0.1, 0.15) is 4.90 Å². The van der Waals surface area contributed by atoms with Crippen molar-refractivity contribution in [2.24, 2.45) is 5.73 Å². The molecule has 0 aliphatic carbocycles. The van der Waals surface area contributed by atoms with E-state index >= 15 is 0 Å². The van der Waals surface area contributed by atoms with Crippen molar-refractivity contribution in [1.82, 2.24) is 14.1 Å². The second-order valence-corrected chi connectivity index (χ2v) is 7.03. The first-order valence-corrected chi connectivity index (χ1v) is 8.50. The van der Waals surface area contributed by atoms with Gasteiger partial charge in [-0.25, -0.2) is 12.7 Å². The molecule has 6 nitrogen and oxygen atoms in total. The van der Waals surface area contributed by atoms with Crippen molar-refractivity contribution in [3.05, 3.63) is 11.4 Å². The lowest BCUT2D eigenvalue weighted by molar-refractivity contribution is 0.458. The van der Waals surface area contributed by atoms with Gasteiger partial charge in [-0.1, -0.05) is 13.3 Å². The molecule has 0 atom stereocenters. The van der Waals surface area contributed by atoms with Crippen LogP contribution < -0.4 is 5.73 Å². The quantitative estimate of drug-likeness (QED) is 0.784. The van der Waals surface area contributed by atoms with E-state index < -0.39 is 10.0 Å². The molecule has 0 saturated carbocycles. The maximum Gasteiger partial charge on any atom is 0.246 e. The fourth-order valence-electron chi connectivity index (χ4n) is 2.17. The summed E-state index contributed by atoms with van der Waals surface area (Å²) in [5, 5.41) is 4.33. The average molecular weight is 302 g/mol. The van der Waals surface area contributed by atoms with Crippen LogP contribution in [0.15, 0.2) is 4.90 Å². The predicted octanol–water partition coefficient (Wildman–Crippen LogP) is 1.27. The average Bonchev–Trinajstić information content (AvgIpc) is 2.68. The number of hydrogen-bond acceptors (Lipinski definition) is 4. The lowest BCUT2D eigenvalue weighted by atomic mass is 10.3. The zero-order chi connectivity index (χ0) is 15.3. The zero-order valence-corrected chi connectivity index (χ0v) is 13.7. The Hall–Kier alpha value is -0.920. The fourth-order valence-corrected chi connectivity index (χ4v) is 3.74. The van der Waals surface area contributed by atoms with Crippen LogP contribution in [0, 0.1) is 13.8 Å². The van der Waals surface area contributed by atoms with Gasteiger partial charge < -0.3 is 5.73 Å². The van der Waals surface area contributed by atoms with Crippen molar-refractivity contribution in [1.29, 1.82) is 0 Å². The Morgan fingerprint density at radius 2 is 1.95 bits per heavy atom. The zero-order valence-electron chi connectivity index (χ0n) is 12.9. The molecule has 1 rings (SSSR count). The number of sulfonamides is 1. The minimum absolute atomic E-state index is 0.341. The molecule has 0 amide bonds. The number of unbranched alkanes of at least 4 members (excludes halogenated alkanes) is 1. The maximum atomic E-state index is 12.6. The van der Waals surface area contributed by atoms with Crippen LogP contribution in [0.1, 0.15) is 37.6 Å². The summed E-state index contributed by atoms with van der Waals surface area (Å²) in [5.41, 5.74) is 6.74. The highest BCUT2D eigenvalue weighted by molar-refractivity contribution is 7.89. The maximum absolute atomic E-state index is 12.6. The fraction of sp³-hybridized carbons (Fsp3) is 0.769. The largest absolute Gasteiger partial charge is 0.330 e. The van der Waals surface area contributed by atoms with Gasteiger partial charge in [-0.3, -0.25) is 4.68 Å². The molecule has 7 heteroatoms. The molecule has 1 heterocycles. The van der Waals surface area contributed by atoms with Crippen molar-refractivity contribution in [3.8, 4) is 0 Å². The minimum atomic E-state index is -3.46. The van der Waals surface area contributed by atoms with Crippen LogP contribution in [0.2, 0.25) is 0 Å². The molecule has 0 fully saturated rings. The SMILES string of the molecule is CCCCN(C)S(=O)(=O)c1c(C)nn(CCCN)c1C. The van der Waals surface area contributed by atoms with Crippen LogP contribution in [-0.2, 0) is 16.6 Å². The first kappa shape index (κ1) is 17.1. The summed E-state index contributed by atoms with van der Waals surface area (Å²) in [5.74, 6) is 0. The molecule has 0 aliphatic heterocycles. The second kappa shape index (κ2) is 7.19. The number of rotatable bonds is 8. The number of aryl methyl sites for hydroxylation is 2. The molecule has 1 aromatic rings. The summed E-state index contributed by atoms with van der Waals surface area (Å²) in [7, 11) is -1.83. The first-order chi connectivity index (χ1) is 9.36. The van der Waals surface area contributed by atoms with Crippen molar-refractivity contribution in [2.75, 3.05) is 20.1 Å². The van der Waals surface area contributed by atoms with Gasteiger partial charge in [-0.05, 0) is 33.2 Å². The molecule has 20 heavy (non-hydrogen) atoms. The van der Waals surface area contributed by atoms with Crippen LogP contribution in [-0.4, -0.2) is 42.6 Å².